The molecule has 2 aromatic heterocycles. The number of nitrogens with zero attached hydrogens (tertiary/aromatic N) is 1. The number of thiophene rings is 1. The molecule has 12 heavy (non-hydrogen) atoms. The van der Waals surface area contributed by atoms with Crippen LogP contribution < -0.4 is 0 Å². The van der Waals surface area contributed by atoms with Gasteiger partial charge in [0, 0.05) is 15.9 Å². The van der Waals surface area contributed by atoms with Crippen molar-refractivity contribution in [1.29, 1.82) is 0 Å². The summed E-state index contributed by atoms with van der Waals surface area (Å²) in [6.07, 6.45) is 0. The summed E-state index contributed by atoms with van der Waals surface area (Å²) in [6.45, 7) is 1.91. The number of aryl methyl sites for hydroxylation is 1. The van der Waals surface area contributed by atoms with E-state index in [2.05, 4.69) is 21.1 Å². The molecule has 2 rings (SSSR count). The summed E-state index contributed by atoms with van der Waals surface area (Å²) >= 11 is 5.02. The molecule has 0 amide bonds. The summed E-state index contributed by atoms with van der Waals surface area (Å²) in [4.78, 5) is 1.10. The zero-order valence-corrected chi connectivity index (χ0v) is 8.78. The molecule has 0 N–H and O–H groups in total. The van der Waals surface area contributed by atoms with Gasteiger partial charge in [0.05, 0.1) is 10.6 Å². The summed E-state index contributed by atoms with van der Waals surface area (Å²) in [5.41, 5.74) is 0.912. The second kappa shape index (κ2) is 3.03. The van der Waals surface area contributed by atoms with Crippen LogP contribution in [0.25, 0.3) is 10.6 Å². The molecular weight excluding hydrogens is 238 g/mol. The van der Waals surface area contributed by atoms with Crippen LogP contribution in [0.5, 0.6) is 0 Å². The van der Waals surface area contributed by atoms with Crippen LogP contribution in [-0.2, 0) is 0 Å². The van der Waals surface area contributed by atoms with Gasteiger partial charge in [-0.05, 0) is 28.9 Å². The van der Waals surface area contributed by atoms with Crippen LogP contribution in [0, 0.1) is 6.92 Å². The standard InChI is InChI=1S/C8H6BrNOS/c1-5-2-7(11-10-5)8-3-6(9)4-12-8/h2-4H,1H3. The van der Waals surface area contributed by atoms with Crippen molar-refractivity contribution in [3.05, 3.63) is 27.7 Å². The Morgan fingerprint density at radius 3 is 2.83 bits per heavy atom. The topological polar surface area (TPSA) is 26.0 Å². The summed E-state index contributed by atoms with van der Waals surface area (Å²) in [6, 6.07) is 3.95. The largest absolute Gasteiger partial charge is 0.355 e. The first-order valence-electron chi connectivity index (χ1n) is 3.43. The Labute approximate surface area is 82.3 Å². The average molecular weight is 244 g/mol. The fraction of sp³-hybridized carbons (Fsp3) is 0.125. The lowest BCUT2D eigenvalue weighted by atomic mass is 10.3. The fourth-order valence-electron chi connectivity index (χ4n) is 0.922. The molecule has 0 atom stereocenters. The summed E-state index contributed by atoms with van der Waals surface area (Å²) in [5, 5.41) is 5.84. The van der Waals surface area contributed by atoms with Gasteiger partial charge < -0.3 is 4.52 Å². The highest BCUT2D eigenvalue weighted by Crippen LogP contribution is 2.29. The predicted molar refractivity (Wildman–Crippen MR) is 52.3 cm³/mol. The molecular formula is C8H6BrNOS. The third kappa shape index (κ3) is 1.44. The minimum Gasteiger partial charge on any atom is -0.355 e. The number of aromatic nitrogens is 1. The first kappa shape index (κ1) is 8.01. The number of hydrogen-bond donors (Lipinski definition) is 0. The maximum Gasteiger partial charge on any atom is 0.177 e. The molecule has 0 aliphatic rings. The lowest BCUT2D eigenvalue weighted by Crippen LogP contribution is -1.61. The van der Waals surface area contributed by atoms with Crippen molar-refractivity contribution in [2.24, 2.45) is 0 Å². The molecule has 0 aliphatic heterocycles. The fourth-order valence-corrected chi connectivity index (χ4v) is 2.30. The van der Waals surface area contributed by atoms with Crippen molar-refractivity contribution in [1.82, 2.24) is 5.16 Å². The second-order valence-electron chi connectivity index (χ2n) is 2.46. The van der Waals surface area contributed by atoms with Gasteiger partial charge in [-0.1, -0.05) is 5.16 Å². The lowest BCUT2D eigenvalue weighted by Gasteiger charge is -1.83. The molecule has 0 spiro atoms. The molecule has 0 radical (unpaired) electrons. The maximum atomic E-state index is 5.10. The van der Waals surface area contributed by atoms with Crippen molar-refractivity contribution < 1.29 is 4.52 Å². The van der Waals surface area contributed by atoms with E-state index in [1.165, 1.54) is 0 Å². The normalized spacial score (nSPS) is 10.5. The Morgan fingerprint density at radius 2 is 2.33 bits per heavy atom. The molecule has 2 heterocycles. The Morgan fingerprint density at radius 1 is 1.50 bits per heavy atom. The molecule has 0 unspecified atom stereocenters. The van der Waals surface area contributed by atoms with Crippen molar-refractivity contribution in [2.45, 2.75) is 6.92 Å². The summed E-state index contributed by atoms with van der Waals surface area (Å²) < 4.78 is 6.18. The van der Waals surface area contributed by atoms with Gasteiger partial charge in [0.2, 0.25) is 0 Å². The molecule has 0 saturated carbocycles. The van der Waals surface area contributed by atoms with E-state index in [0.717, 1.165) is 20.8 Å². The maximum absolute atomic E-state index is 5.10. The molecule has 0 saturated heterocycles. The van der Waals surface area contributed by atoms with Crippen LogP contribution in [0.1, 0.15) is 5.69 Å². The molecule has 2 nitrogen and oxygen atoms in total. The Bertz CT molecular complexity index is 355. The van der Waals surface area contributed by atoms with Gasteiger partial charge in [-0.3, -0.25) is 0 Å². The Balaban J connectivity index is 2.43. The first-order chi connectivity index (χ1) is 5.75. The zero-order chi connectivity index (χ0) is 8.55. The average Bonchev–Trinajstić information content (AvgIpc) is 2.58. The van der Waals surface area contributed by atoms with E-state index >= 15 is 0 Å². The van der Waals surface area contributed by atoms with Crippen LogP contribution in [0.2, 0.25) is 0 Å². The SMILES string of the molecule is Cc1cc(-c2cc(Br)cs2)on1. The predicted octanol–water partition coefficient (Wildman–Crippen LogP) is 3.47. The van der Waals surface area contributed by atoms with Crippen LogP contribution in [0.3, 0.4) is 0 Å². The first-order valence-corrected chi connectivity index (χ1v) is 5.11. The van der Waals surface area contributed by atoms with E-state index in [1.807, 2.05) is 24.4 Å². The van der Waals surface area contributed by atoms with Gasteiger partial charge in [0.1, 0.15) is 0 Å². The van der Waals surface area contributed by atoms with E-state index in [1.54, 1.807) is 11.3 Å². The quantitative estimate of drug-likeness (QED) is 0.767. The molecule has 0 fully saturated rings. The second-order valence-corrected chi connectivity index (χ2v) is 4.29. The molecule has 62 valence electrons. The summed E-state index contributed by atoms with van der Waals surface area (Å²) in [7, 11) is 0. The highest BCUT2D eigenvalue weighted by Gasteiger charge is 2.05. The molecule has 0 aromatic carbocycles. The number of hydrogen-bond acceptors (Lipinski definition) is 3. The van der Waals surface area contributed by atoms with Gasteiger partial charge in [-0.15, -0.1) is 11.3 Å². The van der Waals surface area contributed by atoms with Crippen molar-refractivity contribution in [3.8, 4) is 10.6 Å². The van der Waals surface area contributed by atoms with Gasteiger partial charge in [-0.25, -0.2) is 0 Å². The minimum atomic E-state index is 0.836. The molecule has 2 aromatic rings. The highest BCUT2D eigenvalue weighted by molar-refractivity contribution is 9.10. The van der Waals surface area contributed by atoms with Gasteiger partial charge in [0.25, 0.3) is 0 Å². The third-order valence-corrected chi connectivity index (χ3v) is 3.14. The molecule has 4 heteroatoms. The van der Waals surface area contributed by atoms with Gasteiger partial charge in [-0.2, -0.15) is 0 Å². The van der Waals surface area contributed by atoms with Crippen molar-refractivity contribution in [2.75, 3.05) is 0 Å². The van der Waals surface area contributed by atoms with E-state index in [9.17, 15) is 0 Å². The van der Waals surface area contributed by atoms with E-state index < -0.39 is 0 Å². The van der Waals surface area contributed by atoms with Crippen LogP contribution in [-0.4, -0.2) is 5.16 Å². The smallest absolute Gasteiger partial charge is 0.177 e. The third-order valence-electron chi connectivity index (χ3n) is 1.44. The van der Waals surface area contributed by atoms with E-state index in [0.29, 0.717) is 0 Å². The van der Waals surface area contributed by atoms with Crippen LogP contribution >= 0.6 is 27.3 Å². The van der Waals surface area contributed by atoms with E-state index in [-0.39, 0.29) is 0 Å². The van der Waals surface area contributed by atoms with Gasteiger partial charge >= 0.3 is 0 Å². The lowest BCUT2D eigenvalue weighted by molar-refractivity contribution is 0.428. The minimum absolute atomic E-state index is 0.836. The Hall–Kier alpha value is -0.610. The van der Waals surface area contributed by atoms with Gasteiger partial charge in [0.15, 0.2) is 5.76 Å². The number of rotatable bonds is 1. The van der Waals surface area contributed by atoms with Crippen LogP contribution in [0.4, 0.5) is 0 Å². The molecule has 0 bridgehead atoms. The van der Waals surface area contributed by atoms with Crippen molar-refractivity contribution in [3.63, 3.8) is 0 Å². The van der Waals surface area contributed by atoms with Crippen LogP contribution in [0.15, 0.2) is 26.5 Å². The van der Waals surface area contributed by atoms with E-state index in [4.69, 9.17) is 4.52 Å². The monoisotopic (exact) mass is 243 g/mol. The van der Waals surface area contributed by atoms with Crippen molar-refractivity contribution >= 4 is 27.3 Å². The number of halogens is 1. The highest BCUT2D eigenvalue weighted by atomic mass is 79.9. The summed E-state index contributed by atoms with van der Waals surface area (Å²) in [5.74, 6) is 0.836. The Kier molecular flexibility index (Phi) is 2.02. The zero-order valence-electron chi connectivity index (χ0n) is 6.37. The molecule has 0 aliphatic carbocycles.